The summed E-state index contributed by atoms with van der Waals surface area (Å²) in [5.41, 5.74) is 10.4. The largest absolute Gasteiger partial charge is 0.472 e. The number of aromatic nitrogens is 10. The van der Waals surface area contributed by atoms with Crippen molar-refractivity contribution in [2.75, 3.05) is 0 Å². The first-order chi connectivity index (χ1) is 44.3. The topological polar surface area (TPSA) is 140 Å². The van der Waals surface area contributed by atoms with Crippen molar-refractivity contribution in [3.63, 3.8) is 0 Å². The van der Waals surface area contributed by atoms with E-state index in [0.717, 1.165) is 17.2 Å². The number of hydrogen-bond donors (Lipinski definition) is 2. The monoisotopic (exact) mass is 1300 g/mol. The minimum absolute atomic E-state index is 0.436. The number of rotatable bonds is 11. The summed E-state index contributed by atoms with van der Waals surface area (Å²) in [4.78, 5) is 31.8. The van der Waals surface area contributed by atoms with Crippen LogP contribution in [0, 0.1) is 0 Å². The SMILES string of the molecule is CC(C)c1cc[nH]c1.CC(C)c1ccc[nH]1.CC(C)c1ccccc1.CC(C)c1ccccn1.CC(C)c1cccnc1.CC(C)c1cccs1.CC(C)c1ccncn1.CC(C)c1ccoc1.CC(C)c1ccsc1.CC(C)c1ncccn1.CC(C)n1cccn1. The molecule has 0 fully saturated rings. The maximum atomic E-state index is 4.88. The van der Waals surface area contributed by atoms with Gasteiger partial charge in [0, 0.05) is 102 Å². The zero-order chi connectivity index (χ0) is 69.3. The fraction of sp³-hybridized carbons (Fsp3) is 0.412. The average molecular weight is 1300 g/mol. The number of aromatic amines is 2. The molecule has 11 rings (SSSR count). The molecule has 0 aliphatic rings. The Balaban J connectivity index is 0.000000512. The molecule has 2 N–H and O–H groups in total. The Labute approximate surface area is 571 Å². The van der Waals surface area contributed by atoms with Gasteiger partial charge in [-0.3, -0.25) is 14.6 Å². The molecule has 504 valence electrons. The molecule has 0 bridgehead atoms. The molecular formula is C80H116N10OS2. The predicted molar refractivity (Wildman–Crippen MR) is 401 cm³/mol. The molecule has 0 unspecified atom stereocenters. The summed E-state index contributed by atoms with van der Waals surface area (Å²) in [6, 6.07) is 41.4. The summed E-state index contributed by atoms with van der Waals surface area (Å²) in [6.07, 6.45) is 25.6. The summed E-state index contributed by atoms with van der Waals surface area (Å²) in [5, 5.41) is 10.5. The van der Waals surface area contributed by atoms with Gasteiger partial charge in [0.2, 0.25) is 0 Å². The van der Waals surface area contributed by atoms with Gasteiger partial charge in [-0.25, -0.2) is 19.9 Å². The number of thiophene rings is 2. The van der Waals surface area contributed by atoms with Crippen LogP contribution in [0.2, 0.25) is 0 Å². The standard InChI is InChI=1S/C9H12.2C8H11N.2C7H10N2.2C7H11N.C7H10O.2C7H10S.C6H10N2/c1-8(2)9-6-4-3-5-7-9;1-7(2)8-4-3-5-9-6-8;1-7(2)8-5-3-4-6-9-8;1-6(2)7-3-4-8-5-9-7;1-6(2)7-8-4-3-5-9-7;1-6(2)7-3-4-8-5-7;1-6(2)7-4-3-5-8-7;2*1-6(2)7-3-4-8-5-7;1-6(2)7-4-3-5-8-7;1-6(2)8-5-3-4-7-8/h3-8H,1-2H3;2*3-7H,1-2H3;2*3-6H,1-2H3;2*3-6,8H,1-2H3;4*3-6H,1-2H3. The number of furan rings is 1. The van der Waals surface area contributed by atoms with Gasteiger partial charge in [-0.15, -0.1) is 11.3 Å². The fourth-order valence-electron chi connectivity index (χ4n) is 7.34. The molecule has 0 saturated heterocycles. The normalized spacial score (nSPS) is 10.2. The molecular weight excluding hydrogens is 1180 g/mol. The van der Waals surface area contributed by atoms with E-state index in [1.54, 1.807) is 61.2 Å². The Bertz CT molecular complexity index is 2690. The second-order valence-electron chi connectivity index (χ2n) is 25.2. The van der Waals surface area contributed by atoms with Crippen molar-refractivity contribution in [2.24, 2.45) is 0 Å². The lowest BCUT2D eigenvalue weighted by Gasteiger charge is -2.01. The summed E-state index contributed by atoms with van der Waals surface area (Å²) >= 11 is 3.60. The lowest BCUT2D eigenvalue weighted by Crippen LogP contribution is -1.99. The minimum atomic E-state index is 0.436. The molecule has 11 aromatic rings. The third-order valence-electron chi connectivity index (χ3n) is 13.5. The molecule has 1 aromatic carbocycles. The summed E-state index contributed by atoms with van der Waals surface area (Å²) in [6.45, 7) is 47.5. The van der Waals surface area contributed by atoms with Gasteiger partial charge in [0.15, 0.2) is 0 Å². The van der Waals surface area contributed by atoms with Gasteiger partial charge >= 0.3 is 0 Å². The van der Waals surface area contributed by atoms with Gasteiger partial charge in [-0.2, -0.15) is 16.4 Å². The number of benzene rings is 1. The Kier molecular flexibility index (Phi) is 45.3. The smallest absolute Gasteiger partial charge is 0.130 e. The molecule has 0 radical (unpaired) electrons. The first-order valence-electron chi connectivity index (χ1n) is 33.1. The van der Waals surface area contributed by atoms with E-state index in [4.69, 9.17) is 4.42 Å². The Morgan fingerprint density at radius 1 is 0.409 bits per heavy atom. The van der Waals surface area contributed by atoms with E-state index >= 15 is 0 Å². The van der Waals surface area contributed by atoms with Crippen LogP contribution in [-0.4, -0.2) is 49.7 Å². The van der Waals surface area contributed by atoms with Crippen molar-refractivity contribution in [1.29, 1.82) is 0 Å². The summed E-state index contributed by atoms with van der Waals surface area (Å²) < 4.78 is 6.79. The van der Waals surface area contributed by atoms with Crippen molar-refractivity contribution < 1.29 is 4.42 Å². The van der Waals surface area contributed by atoms with Crippen LogP contribution in [-0.2, 0) is 0 Å². The number of H-pyrrole nitrogens is 2. The molecule has 13 heteroatoms. The molecule has 10 aromatic heterocycles. The highest BCUT2D eigenvalue weighted by molar-refractivity contribution is 7.10. The third-order valence-corrected chi connectivity index (χ3v) is 15.4. The van der Waals surface area contributed by atoms with E-state index in [-0.39, 0.29) is 0 Å². The molecule has 0 spiro atoms. The number of hydrogen-bond acceptors (Lipinski definition) is 10. The van der Waals surface area contributed by atoms with E-state index in [1.807, 2.05) is 114 Å². The van der Waals surface area contributed by atoms with Gasteiger partial charge in [-0.05, 0) is 184 Å². The molecule has 0 aliphatic heterocycles. The minimum Gasteiger partial charge on any atom is -0.472 e. The van der Waals surface area contributed by atoms with E-state index in [1.165, 1.54) is 38.4 Å². The van der Waals surface area contributed by atoms with Crippen LogP contribution < -0.4 is 0 Å². The van der Waals surface area contributed by atoms with Crippen molar-refractivity contribution in [1.82, 2.24) is 49.7 Å². The van der Waals surface area contributed by atoms with E-state index in [0.29, 0.717) is 65.2 Å². The van der Waals surface area contributed by atoms with Crippen molar-refractivity contribution in [3.05, 3.63) is 280 Å². The maximum absolute atomic E-state index is 4.88. The first kappa shape index (κ1) is 83.1. The van der Waals surface area contributed by atoms with Gasteiger partial charge in [0.05, 0.1) is 12.5 Å². The Morgan fingerprint density at radius 2 is 1.03 bits per heavy atom. The summed E-state index contributed by atoms with van der Waals surface area (Å²) in [7, 11) is 0. The van der Waals surface area contributed by atoms with Crippen LogP contribution in [0.15, 0.2) is 229 Å². The van der Waals surface area contributed by atoms with E-state index in [2.05, 4.69) is 274 Å². The number of pyridine rings is 2. The molecule has 0 aliphatic carbocycles. The highest BCUT2D eigenvalue weighted by Crippen LogP contribution is 2.20. The second-order valence-corrected chi connectivity index (χ2v) is 27.0. The van der Waals surface area contributed by atoms with Gasteiger partial charge in [0.25, 0.3) is 0 Å². The van der Waals surface area contributed by atoms with Crippen LogP contribution in [0.25, 0.3) is 0 Å². The van der Waals surface area contributed by atoms with Gasteiger partial charge in [-0.1, -0.05) is 187 Å². The van der Waals surface area contributed by atoms with Crippen molar-refractivity contribution in [3.8, 4) is 0 Å². The van der Waals surface area contributed by atoms with Crippen LogP contribution in [0.3, 0.4) is 0 Å². The molecule has 0 saturated carbocycles. The molecule has 0 atom stereocenters. The van der Waals surface area contributed by atoms with Crippen LogP contribution in [0.1, 0.15) is 273 Å². The van der Waals surface area contributed by atoms with E-state index in [9.17, 15) is 0 Å². The lowest BCUT2D eigenvalue weighted by molar-refractivity contribution is 0.532. The molecule has 93 heavy (non-hydrogen) atoms. The highest BCUT2D eigenvalue weighted by atomic mass is 32.1. The first-order valence-corrected chi connectivity index (χ1v) is 34.9. The summed E-state index contributed by atoms with van der Waals surface area (Å²) in [5.74, 6) is 6.93. The van der Waals surface area contributed by atoms with Gasteiger partial charge < -0.3 is 14.4 Å². The highest BCUT2D eigenvalue weighted by Gasteiger charge is 2.02. The van der Waals surface area contributed by atoms with Crippen LogP contribution >= 0.6 is 22.7 Å². The lowest BCUT2D eigenvalue weighted by atomic mass is 10.0. The van der Waals surface area contributed by atoms with Crippen molar-refractivity contribution in [2.45, 2.75) is 218 Å². The third kappa shape index (κ3) is 40.7. The second kappa shape index (κ2) is 50.7. The maximum Gasteiger partial charge on any atom is 0.130 e. The fourth-order valence-corrected chi connectivity index (χ4v) is 8.90. The van der Waals surface area contributed by atoms with Crippen LogP contribution in [0.5, 0.6) is 0 Å². The number of nitrogens with zero attached hydrogens (tertiary/aromatic N) is 8. The van der Waals surface area contributed by atoms with E-state index < -0.39 is 0 Å². The average Bonchev–Trinajstić information content (AvgIpc) is 4.44. The zero-order valence-electron chi connectivity index (χ0n) is 60.5. The number of nitrogens with one attached hydrogen (secondary N) is 2. The Morgan fingerprint density at radius 3 is 1.32 bits per heavy atom. The van der Waals surface area contributed by atoms with Crippen molar-refractivity contribution >= 4 is 22.7 Å². The van der Waals surface area contributed by atoms with Crippen LogP contribution in [0.4, 0.5) is 0 Å². The molecule has 10 heterocycles. The molecule has 11 nitrogen and oxygen atoms in total. The quantitative estimate of drug-likeness (QED) is 0.130. The predicted octanol–water partition coefficient (Wildman–Crippen LogP) is 24.3. The Hall–Kier alpha value is -7.87. The zero-order valence-corrected chi connectivity index (χ0v) is 62.1. The molecule has 0 amide bonds. The van der Waals surface area contributed by atoms with Gasteiger partial charge in [0.1, 0.15) is 12.2 Å².